The molecule has 1 aromatic carbocycles. The number of amides is 1. The predicted octanol–water partition coefficient (Wildman–Crippen LogP) is 2.41. The number of ether oxygens (including phenoxy) is 4. The molecular formula is C20H30N2O6. The van der Waals surface area contributed by atoms with Crippen molar-refractivity contribution in [3.63, 3.8) is 0 Å². The number of carbonyl (C=O) groups excluding carboxylic acids is 2. The van der Waals surface area contributed by atoms with Gasteiger partial charge < -0.3 is 23.8 Å². The highest BCUT2D eigenvalue weighted by Gasteiger charge is 2.25. The fourth-order valence-corrected chi connectivity index (χ4v) is 2.79. The van der Waals surface area contributed by atoms with Gasteiger partial charge in [-0.1, -0.05) is 0 Å². The van der Waals surface area contributed by atoms with Crippen LogP contribution in [0.4, 0.5) is 4.79 Å². The van der Waals surface area contributed by atoms with Crippen LogP contribution in [0.25, 0.3) is 0 Å². The van der Waals surface area contributed by atoms with Crippen LogP contribution < -0.4 is 9.47 Å². The van der Waals surface area contributed by atoms with Crippen LogP contribution in [0.15, 0.2) is 18.2 Å². The van der Waals surface area contributed by atoms with E-state index in [1.54, 1.807) is 30.2 Å². The van der Waals surface area contributed by atoms with Crippen molar-refractivity contribution in [2.75, 3.05) is 53.6 Å². The molecule has 0 radical (unpaired) electrons. The topological polar surface area (TPSA) is 77.5 Å². The Morgan fingerprint density at radius 2 is 1.75 bits per heavy atom. The van der Waals surface area contributed by atoms with E-state index in [4.69, 9.17) is 18.9 Å². The van der Waals surface area contributed by atoms with E-state index in [9.17, 15) is 9.59 Å². The van der Waals surface area contributed by atoms with Crippen molar-refractivity contribution in [3.05, 3.63) is 23.8 Å². The summed E-state index contributed by atoms with van der Waals surface area (Å²) in [5.74, 6) is 0.579. The van der Waals surface area contributed by atoms with Crippen LogP contribution in [0.3, 0.4) is 0 Å². The average Bonchev–Trinajstić information content (AvgIpc) is 2.66. The zero-order valence-corrected chi connectivity index (χ0v) is 17.3. The van der Waals surface area contributed by atoms with E-state index < -0.39 is 11.6 Å². The number of rotatable bonds is 6. The molecule has 28 heavy (non-hydrogen) atoms. The Morgan fingerprint density at radius 3 is 2.32 bits per heavy atom. The normalized spacial score (nSPS) is 15.1. The van der Waals surface area contributed by atoms with Gasteiger partial charge >= 0.3 is 12.1 Å². The molecule has 1 saturated heterocycles. The van der Waals surface area contributed by atoms with Crippen LogP contribution in [-0.2, 0) is 9.47 Å². The van der Waals surface area contributed by atoms with Gasteiger partial charge in [0.1, 0.15) is 29.3 Å². The molecule has 0 spiro atoms. The predicted molar refractivity (Wildman–Crippen MR) is 104 cm³/mol. The van der Waals surface area contributed by atoms with E-state index in [0.717, 1.165) is 13.1 Å². The Kier molecular flexibility index (Phi) is 7.51. The monoisotopic (exact) mass is 394 g/mol. The third-order valence-electron chi connectivity index (χ3n) is 4.28. The highest BCUT2D eigenvalue weighted by molar-refractivity contribution is 5.92. The fraction of sp³-hybridized carbons (Fsp3) is 0.600. The Bertz CT molecular complexity index is 678. The van der Waals surface area contributed by atoms with Crippen molar-refractivity contribution in [2.45, 2.75) is 26.4 Å². The van der Waals surface area contributed by atoms with Gasteiger partial charge in [0.25, 0.3) is 0 Å². The summed E-state index contributed by atoms with van der Waals surface area (Å²) in [6.45, 7) is 9.38. The number of piperazine rings is 1. The molecule has 0 aliphatic carbocycles. The molecule has 1 aromatic rings. The van der Waals surface area contributed by atoms with Gasteiger partial charge in [-0.15, -0.1) is 0 Å². The minimum atomic E-state index is -0.490. The van der Waals surface area contributed by atoms with Crippen LogP contribution in [0.5, 0.6) is 11.5 Å². The van der Waals surface area contributed by atoms with E-state index in [0.29, 0.717) is 43.3 Å². The summed E-state index contributed by atoms with van der Waals surface area (Å²) in [5.41, 5.74) is -0.131. The van der Waals surface area contributed by atoms with Crippen LogP contribution in [0, 0.1) is 0 Å². The number of hydrogen-bond donors (Lipinski definition) is 0. The first kappa shape index (κ1) is 21.8. The van der Waals surface area contributed by atoms with Gasteiger partial charge in [-0.2, -0.15) is 0 Å². The van der Waals surface area contributed by atoms with Crippen molar-refractivity contribution >= 4 is 12.1 Å². The molecule has 1 aliphatic rings. The summed E-state index contributed by atoms with van der Waals surface area (Å²) in [5, 5.41) is 0. The first-order chi connectivity index (χ1) is 13.2. The van der Waals surface area contributed by atoms with Crippen LogP contribution in [0.1, 0.15) is 31.1 Å². The Morgan fingerprint density at radius 1 is 1.07 bits per heavy atom. The maximum Gasteiger partial charge on any atom is 0.410 e. The second-order valence-corrected chi connectivity index (χ2v) is 7.51. The lowest BCUT2D eigenvalue weighted by Gasteiger charge is -2.35. The zero-order chi connectivity index (χ0) is 20.7. The molecule has 8 heteroatoms. The highest BCUT2D eigenvalue weighted by Crippen LogP contribution is 2.25. The molecular weight excluding hydrogens is 364 g/mol. The fourth-order valence-electron chi connectivity index (χ4n) is 2.79. The first-order valence-electron chi connectivity index (χ1n) is 9.33. The van der Waals surface area contributed by atoms with Crippen LogP contribution in [-0.4, -0.2) is 81.0 Å². The van der Waals surface area contributed by atoms with Gasteiger partial charge in [-0.25, -0.2) is 9.59 Å². The summed E-state index contributed by atoms with van der Waals surface area (Å²) in [4.78, 5) is 27.9. The third-order valence-corrected chi connectivity index (χ3v) is 4.28. The smallest absolute Gasteiger partial charge is 0.410 e. The molecule has 2 rings (SSSR count). The largest absolute Gasteiger partial charge is 0.497 e. The molecule has 1 heterocycles. The van der Waals surface area contributed by atoms with Crippen molar-refractivity contribution in [1.29, 1.82) is 0 Å². The molecule has 156 valence electrons. The van der Waals surface area contributed by atoms with Gasteiger partial charge in [0.15, 0.2) is 0 Å². The first-order valence-corrected chi connectivity index (χ1v) is 9.33. The van der Waals surface area contributed by atoms with Crippen LogP contribution >= 0.6 is 0 Å². The molecule has 1 aliphatic heterocycles. The maximum absolute atomic E-state index is 12.1. The molecule has 0 bridgehead atoms. The van der Waals surface area contributed by atoms with Gasteiger partial charge in [0.05, 0.1) is 14.2 Å². The van der Waals surface area contributed by atoms with Gasteiger partial charge in [0, 0.05) is 38.8 Å². The lowest BCUT2D eigenvalue weighted by Crippen LogP contribution is -2.50. The molecule has 0 N–H and O–H groups in total. The van der Waals surface area contributed by atoms with E-state index in [1.165, 1.54) is 7.11 Å². The number of nitrogens with zero attached hydrogens (tertiary/aromatic N) is 2. The summed E-state index contributed by atoms with van der Waals surface area (Å²) >= 11 is 0. The Balaban J connectivity index is 1.83. The summed E-state index contributed by atoms with van der Waals surface area (Å²) in [7, 11) is 2.89. The number of hydrogen-bond acceptors (Lipinski definition) is 7. The van der Waals surface area contributed by atoms with E-state index in [2.05, 4.69) is 4.90 Å². The van der Waals surface area contributed by atoms with Gasteiger partial charge in [0.2, 0.25) is 0 Å². The Hall–Kier alpha value is -2.48. The van der Waals surface area contributed by atoms with Gasteiger partial charge in [-0.3, -0.25) is 4.90 Å². The number of methoxy groups -OCH3 is 2. The molecule has 0 aromatic heterocycles. The third kappa shape index (κ3) is 6.30. The van der Waals surface area contributed by atoms with Crippen molar-refractivity contribution < 1.29 is 28.5 Å². The zero-order valence-electron chi connectivity index (χ0n) is 17.3. The molecule has 1 fully saturated rings. The second-order valence-electron chi connectivity index (χ2n) is 7.51. The molecule has 0 atom stereocenters. The number of benzene rings is 1. The summed E-state index contributed by atoms with van der Waals surface area (Å²) < 4.78 is 21.2. The quantitative estimate of drug-likeness (QED) is 0.686. The minimum absolute atomic E-state index is 0.275. The lowest BCUT2D eigenvalue weighted by molar-refractivity contribution is 0.0137. The maximum atomic E-state index is 12.1. The molecule has 8 nitrogen and oxygen atoms in total. The standard InChI is InChI=1S/C20H30N2O6/c1-20(2,3)28-19(24)22-10-8-21(9-11-22)12-13-27-17-14-15(25-4)6-7-16(17)18(23)26-5/h6-7,14H,8-13H2,1-5H3. The SMILES string of the molecule is COC(=O)c1ccc(OC)cc1OCCN1CCN(C(=O)OC(C)(C)C)CC1. The second kappa shape index (κ2) is 9.64. The van der Waals surface area contributed by atoms with Gasteiger partial charge in [-0.05, 0) is 32.9 Å². The van der Waals surface area contributed by atoms with E-state index in [1.807, 2.05) is 20.8 Å². The molecule has 0 unspecified atom stereocenters. The van der Waals surface area contributed by atoms with Crippen molar-refractivity contribution in [2.24, 2.45) is 0 Å². The molecule has 1 amide bonds. The number of esters is 1. The number of carbonyl (C=O) groups is 2. The van der Waals surface area contributed by atoms with Crippen molar-refractivity contribution in [3.8, 4) is 11.5 Å². The lowest BCUT2D eigenvalue weighted by atomic mass is 10.2. The summed E-state index contributed by atoms with van der Waals surface area (Å²) in [6, 6.07) is 4.99. The van der Waals surface area contributed by atoms with Crippen LogP contribution in [0.2, 0.25) is 0 Å². The average molecular weight is 394 g/mol. The van der Waals surface area contributed by atoms with Crippen molar-refractivity contribution in [1.82, 2.24) is 9.80 Å². The van der Waals surface area contributed by atoms with E-state index >= 15 is 0 Å². The minimum Gasteiger partial charge on any atom is -0.497 e. The Labute approximate surface area is 166 Å². The summed E-state index contributed by atoms with van der Waals surface area (Å²) in [6.07, 6.45) is -0.275. The van der Waals surface area contributed by atoms with E-state index in [-0.39, 0.29) is 6.09 Å². The molecule has 0 saturated carbocycles. The highest BCUT2D eigenvalue weighted by atomic mass is 16.6.